The van der Waals surface area contributed by atoms with E-state index in [9.17, 15) is 14.0 Å². The lowest BCUT2D eigenvalue weighted by Crippen LogP contribution is -2.53. The van der Waals surface area contributed by atoms with Crippen LogP contribution in [0.3, 0.4) is 0 Å². The second-order valence-corrected chi connectivity index (χ2v) is 7.47. The van der Waals surface area contributed by atoms with Crippen LogP contribution in [0.15, 0.2) is 42.5 Å². The fourth-order valence-corrected chi connectivity index (χ4v) is 3.24. The minimum absolute atomic E-state index is 0.147. The van der Waals surface area contributed by atoms with Crippen molar-refractivity contribution in [3.8, 4) is 11.5 Å². The highest BCUT2D eigenvalue weighted by molar-refractivity contribution is 6.31. The summed E-state index contributed by atoms with van der Waals surface area (Å²) in [5.74, 6) is 0.194. The van der Waals surface area contributed by atoms with E-state index in [1.165, 1.54) is 30.3 Å². The molecule has 0 bridgehead atoms. The van der Waals surface area contributed by atoms with Crippen LogP contribution in [0.4, 0.5) is 14.9 Å². The number of hydrogen-bond acceptors (Lipinski definition) is 5. The Morgan fingerprint density at radius 2 is 2.00 bits per heavy atom. The van der Waals surface area contributed by atoms with E-state index in [0.29, 0.717) is 23.9 Å². The van der Waals surface area contributed by atoms with Crippen LogP contribution < -0.4 is 20.5 Å². The van der Waals surface area contributed by atoms with Crippen LogP contribution in [0.5, 0.6) is 11.5 Å². The number of carbonyl (C=O) groups is 2. The lowest BCUT2D eigenvalue weighted by molar-refractivity contribution is -0.147. The van der Waals surface area contributed by atoms with Crippen LogP contribution in [-0.2, 0) is 9.53 Å². The van der Waals surface area contributed by atoms with Gasteiger partial charge in [-0.15, -0.1) is 0 Å². The number of anilines is 1. The summed E-state index contributed by atoms with van der Waals surface area (Å²) < 4.78 is 30.0. The molecule has 166 valence electrons. The molecule has 0 aromatic heterocycles. The highest BCUT2D eigenvalue weighted by Gasteiger charge is 2.30. The molecule has 3 amide bonds. The summed E-state index contributed by atoms with van der Waals surface area (Å²) in [7, 11) is 0. The number of ether oxygens (including phenoxy) is 3. The first-order chi connectivity index (χ1) is 14.8. The average Bonchev–Trinajstić information content (AvgIpc) is 2.73. The van der Waals surface area contributed by atoms with Crippen molar-refractivity contribution in [2.24, 2.45) is 5.73 Å². The van der Waals surface area contributed by atoms with E-state index < -0.39 is 6.03 Å². The maximum Gasteiger partial charge on any atom is 0.316 e. The Morgan fingerprint density at radius 1 is 1.26 bits per heavy atom. The van der Waals surface area contributed by atoms with Crippen LogP contribution in [0.2, 0.25) is 5.02 Å². The van der Waals surface area contributed by atoms with Crippen LogP contribution in [0, 0.1) is 5.82 Å². The first kappa shape index (κ1) is 22.6. The van der Waals surface area contributed by atoms with Crippen LogP contribution in [-0.4, -0.2) is 55.3 Å². The SMILES string of the molecule is C[C@@H]1CO[C@@H](COc2ccc(F)cc2)CN1C(=O)COc1ccc(Cl)cc1NC(N)=O. The van der Waals surface area contributed by atoms with E-state index in [0.717, 1.165) is 0 Å². The van der Waals surface area contributed by atoms with Gasteiger partial charge in [-0.05, 0) is 49.4 Å². The molecular formula is C21H23ClFN3O5. The van der Waals surface area contributed by atoms with Crippen molar-refractivity contribution in [2.45, 2.75) is 19.1 Å². The predicted octanol–water partition coefficient (Wildman–Crippen LogP) is 3.04. The third-order valence-electron chi connectivity index (χ3n) is 4.63. The van der Waals surface area contributed by atoms with Gasteiger partial charge in [0, 0.05) is 5.02 Å². The van der Waals surface area contributed by atoms with Crippen molar-refractivity contribution in [3.05, 3.63) is 53.3 Å². The van der Waals surface area contributed by atoms with Crippen molar-refractivity contribution < 1.29 is 28.2 Å². The van der Waals surface area contributed by atoms with Crippen LogP contribution in [0.1, 0.15) is 6.92 Å². The second-order valence-electron chi connectivity index (χ2n) is 7.03. The molecule has 1 heterocycles. The molecule has 1 saturated heterocycles. The maximum absolute atomic E-state index is 13.0. The lowest BCUT2D eigenvalue weighted by Gasteiger charge is -2.37. The smallest absolute Gasteiger partial charge is 0.316 e. The van der Waals surface area contributed by atoms with Crippen LogP contribution in [0.25, 0.3) is 0 Å². The minimum atomic E-state index is -0.774. The highest BCUT2D eigenvalue weighted by atomic mass is 35.5. The third-order valence-corrected chi connectivity index (χ3v) is 4.86. The van der Waals surface area contributed by atoms with E-state index in [-0.39, 0.29) is 48.5 Å². The predicted molar refractivity (Wildman–Crippen MR) is 113 cm³/mol. The fraction of sp³-hybridized carbons (Fsp3) is 0.333. The monoisotopic (exact) mass is 451 g/mol. The van der Waals surface area contributed by atoms with Gasteiger partial charge in [0.1, 0.15) is 30.0 Å². The zero-order valence-electron chi connectivity index (χ0n) is 16.8. The van der Waals surface area contributed by atoms with E-state index in [2.05, 4.69) is 5.32 Å². The molecule has 3 rings (SSSR count). The quantitative estimate of drug-likeness (QED) is 0.673. The number of benzene rings is 2. The molecule has 1 fully saturated rings. The second kappa shape index (κ2) is 10.3. The third kappa shape index (κ3) is 6.47. The molecule has 3 N–H and O–H groups in total. The molecule has 2 aromatic carbocycles. The first-order valence-electron chi connectivity index (χ1n) is 9.60. The number of nitrogens with two attached hydrogens (primary N) is 1. The van der Waals surface area contributed by atoms with Crippen LogP contribution >= 0.6 is 11.6 Å². The molecule has 8 nitrogen and oxygen atoms in total. The average molecular weight is 452 g/mol. The van der Waals surface area contributed by atoms with Gasteiger partial charge in [-0.25, -0.2) is 9.18 Å². The van der Waals surface area contributed by atoms with Crippen molar-refractivity contribution in [1.29, 1.82) is 0 Å². The van der Waals surface area contributed by atoms with E-state index in [4.69, 9.17) is 31.5 Å². The fourth-order valence-electron chi connectivity index (χ4n) is 3.07. The van der Waals surface area contributed by atoms with Gasteiger partial charge >= 0.3 is 6.03 Å². The molecule has 0 saturated carbocycles. The minimum Gasteiger partial charge on any atom is -0.491 e. The highest BCUT2D eigenvalue weighted by Crippen LogP contribution is 2.28. The van der Waals surface area contributed by atoms with Gasteiger partial charge < -0.3 is 30.2 Å². The summed E-state index contributed by atoms with van der Waals surface area (Å²) in [6.07, 6.45) is -0.340. The molecule has 0 unspecified atom stereocenters. The number of amides is 3. The number of carbonyl (C=O) groups excluding carboxylic acids is 2. The van der Waals surface area contributed by atoms with Gasteiger partial charge in [0.05, 0.1) is 24.9 Å². The molecule has 0 radical (unpaired) electrons. The van der Waals surface area contributed by atoms with Crippen molar-refractivity contribution in [3.63, 3.8) is 0 Å². The molecule has 1 aliphatic rings. The molecule has 1 aliphatic heterocycles. The van der Waals surface area contributed by atoms with Gasteiger partial charge in [0.15, 0.2) is 6.61 Å². The molecular weight excluding hydrogens is 429 g/mol. The molecule has 10 heteroatoms. The Morgan fingerprint density at radius 3 is 2.71 bits per heavy atom. The zero-order chi connectivity index (χ0) is 22.4. The summed E-state index contributed by atoms with van der Waals surface area (Å²) in [4.78, 5) is 25.6. The van der Waals surface area contributed by atoms with Gasteiger partial charge in [-0.3, -0.25) is 4.79 Å². The molecule has 2 atom stereocenters. The first-order valence-corrected chi connectivity index (χ1v) is 9.98. The Bertz CT molecular complexity index is 928. The molecule has 31 heavy (non-hydrogen) atoms. The number of urea groups is 1. The summed E-state index contributed by atoms with van der Waals surface area (Å²) >= 11 is 5.93. The van der Waals surface area contributed by atoms with Crippen molar-refractivity contribution >= 4 is 29.2 Å². The van der Waals surface area contributed by atoms with Gasteiger partial charge in [0.25, 0.3) is 5.91 Å². The summed E-state index contributed by atoms with van der Waals surface area (Å²) in [6.45, 7) is 2.51. The number of halogens is 2. The summed E-state index contributed by atoms with van der Waals surface area (Å²) in [5, 5.41) is 2.80. The zero-order valence-corrected chi connectivity index (χ0v) is 17.6. The Balaban J connectivity index is 1.56. The van der Waals surface area contributed by atoms with E-state index in [1.54, 1.807) is 17.0 Å². The Hall–Kier alpha value is -3.04. The number of primary amides is 1. The van der Waals surface area contributed by atoms with E-state index >= 15 is 0 Å². The summed E-state index contributed by atoms with van der Waals surface area (Å²) in [6, 6.07) is 9.36. The van der Waals surface area contributed by atoms with Crippen molar-refractivity contribution in [2.75, 3.05) is 31.7 Å². The number of rotatable bonds is 7. The molecule has 0 aliphatic carbocycles. The van der Waals surface area contributed by atoms with E-state index in [1.807, 2.05) is 6.92 Å². The van der Waals surface area contributed by atoms with Crippen molar-refractivity contribution in [1.82, 2.24) is 4.90 Å². The number of morpholine rings is 1. The number of hydrogen-bond donors (Lipinski definition) is 2. The van der Waals surface area contributed by atoms with Gasteiger partial charge in [-0.2, -0.15) is 0 Å². The lowest BCUT2D eigenvalue weighted by atomic mass is 10.2. The summed E-state index contributed by atoms with van der Waals surface area (Å²) in [5.41, 5.74) is 5.43. The number of nitrogens with one attached hydrogen (secondary N) is 1. The standard InChI is InChI=1S/C21H23ClFN3O5/c1-13-10-29-17(11-30-16-5-3-15(23)4-6-16)9-26(13)20(27)12-31-19-7-2-14(22)8-18(19)25-21(24)28/h2-8,13,17H,9-12H2,1H3,(H3,24,25,28)/t13-,17-/m1/s1. The van der Waals surface area contributed by atoms with Gasteiger partial charge in [-0.1, -0.05) is 11.6 Å². The largest absolute Gasteiger partial charge is 0.491 e. The molecule has 0 spiro atoms. The number of nitrogens with zero attached hydrogens (tertiary/aromatic N) is 1. The normalized spacial score (nSPS) is 18.4. The Labute approximate surface area is 184 Å². The maximum atomic E-state index is 13.0. The van der Waals surface area contributed by atoms with Gasteiger partial charge in [0.2, 0.25) is 0 Å². The Kier molecular flexibility index (Phi) is 7.54. The topological polar surface area (TPSA) is 103 Å². The molecule has 2 aromatic rings.